The highest BCUT2D eigenvalue weighted by molar-refractivity contribution is 6.36. The van der Waals surface area contributed by atoms with E-state index in [0.717, 1.165) is 6.42 Å². The normalized spacial score (nSPS) is 12.4. The largest absolute Gasteiger partial charge is 0.507 e. The van der Waals surface area contributed by atoms with Crippen LogP contribution >= 0.6 is 23.2 Å². The minimum Gasteiger partial charge on any atom is -0.507 e. The number of anilines is 1. The molecule has 0 aliphatic carbocycles. The number of phenols is 1. The van der Waals surface area contributed by atoms with Crippen molar-refractivity contribution in [3.05, 3.63) is 45.9 Å². The highest BCUT2D eigenvalue weighted by atomic mass is 35.5. The second kappa shape index (κ2) is 8.69. The number of aromatic hydroxyl groups is 1. The van der Waals surface area contributed by atoms with E-state index in [2.05, 4.69) is 5.32 Å². The van der Waals surface area contributed by atoms with E-state index >= 15 is 0 Å². The molecule has 0 unspecified atom stereocenters. The molecule has 2 aromatic rings. The Kier molecular flexibility index (Phi) is 6.31. The number of ether oxygens (including phenoxy) is 2. The summed E-state index contributed by atoms with van der Waals surface area (Å²) in [5.74, 6) is 1.03. The molecular formula is C19H20Cl2N2O4. The Labute approximate surface area is 167 Å². The van der Waals surface area contributed by atoms with E-state index in [1.165, 1.54) is 6.07 Å². The summed E-state index contributed by atoms with van der Waals surface area (Å²) in [5, 5.41) is 13.9. The van der Waals surface area contributed by atoms with Crippen molar-refractivity contribution in [2.45, 2.75) is 19.9 Å². The molecule has 2 aromatic carbocycles. The maximum absolute atomic E-state index is 12.4. The number of benzene rings is 2. The van der Waals surface area contributed by atoms with Gasteiger partial charge in [0.15, 0.2) is 11.5 Å². The maximum atomic E-state index is 12.4. The van der Waals surface area contributed by atoms with Gasteiger partial charge in [-0.15, -0.1) is 0 Å². The number of fused-ring (bicyclic) bond motifs is 1. The van der Waals surface area contributed by atoms with Gasteiger partial charge >= 0.3 is 0 Å². The molecule has 0 saturated heterocycles. The molecule has 27 heavy (non-hydrogen) atoms. The standard InChI is InChI=1S/C19H20Cl2N2O4/c1-2-5-23(9-12-6-17-18(8-16(12)24)27-11-26-17)10-19(25)22-15-4-3-13(20)7-14(15)21/h3-4,6-8,24H,2,5,9-11H2,1H3,(H,22,25). The van der Waals surface area contributed by atoms with Gasteiger partial charge in [0.2, 0.25) is 12.7 Å². The summed E-state index contributed by atoms with van der Waals surface area (Å²) in [5.41, 5.74) is 1.18. The molecule has 1 aliphatic heterocycles. The van der Waals surface area contributed by atoms with Crippen molar-refractivity contribution >= 4 is 34.8 Å². The summed E-state index contributed by atoms with van der Waals surface area (Å²) in [6.45, 7) is 3.41. The Morgan fingerprint density at radius 1 is 1.22 bits per heavy atom. The third kappa shape index (κ3) is 4.97. The molecule has 2 N–H and O–H groups in total. The summed E-state index contributed by atoms with van der Waals surface area (Å²) in [7, 11) is 0. The fourth-order valence-corrected chi connectivity index (χ4v) is 3.31. The van der Waals surface area contributed by atoms with Crippen molar-refractivity contribution in [3.8, 4) is 17.2 Å². The van der Waals surface area contributed by atoms with Crippen molar-refractivity contribution in [2.75, 3.05) is 25.2 Å². The van der Waals surface area contributed by atoms with Crippen LogP contribution in [0.25, 0.3) is 0 Å². The summed E-state index contributed by atoms with van der Waals surface area (Å²) in [6, 6.07) is 8.19. The predicted octanol–water partition coefficient (Wildman–Crippen LogP) is 4.28. The van der Waals surface area contributed by atoms with Gasteiger partial charge in [0, 0.05) is 23.2 Å². The first kappa shape index (κ1) is 19.6. The molecular weight excluding hydrogens is 391 g/mol. The van der Waals surface area contributed by atoms with Crippen LogP contribution in [0.15, 0.2) is 30.3 Å². The molecule has 0 saturated carbocycles. The summed E-state index contributed by atoms with van der Waals surface area (Å²) in [4.78, 5) is 14.4. The number of hydrogen-bond acceptors (Lipinski definition) is 5. The van der Waals surface area contributed by atoms with E-state index < -0.39 is 0 Å². The van der Waals surface area contributed by atoms with Gasteiger partial charge in [0.1, 0.15) is 5.75 Å². The molecule has 0 radical (unpaired) electrons. The molecule has 1 aliphatic rings. The monoisotopic (exact) mass is 410 g/mol. The number of carbonyl (C=O) groups is 1. The zero-order valence-electron chi connectivity index (χ0n) is 14.8. The first-order valence-corrected chi connectivity index (χ1v) is 9.30. The summed E-state index contributed by atoms with van der Waals surface area (Å²) < 4.78 is 10.6. The van der Waals surface area contributed by atoms with Crippen LogP contribution in [0.4, 0.5) is 5.69 Å². The van der Waals surface area contributed by atoms with E-state index in [-0.39, 0.29) is 25.0 Å². The van der Waals surface area contributed by atoms with Crippen LogP contribution in [0.2, 0.25) is 10.0 Å². The number of nitrogens with zero attached hydrogens (tertiary/aromatic N) is 1. The second-order valence-corrected chi connectivity index (χ2v) is 7.06. The Bertz CT molecular complexity index is 845. The minimum absolute atomic E-state index is 0.113. The second-order valence-electron chi connectivity index (χ2n) is 6.22. The van der Waals surface area contributed by atoms with Crippen LogP contribution in [0, 0.1) is 0 Å². The number of hydrogen-bond donors (Lipinski definition) is 2. The summed E-state index contributed by atoms with van der Waals surface area (Å²) in [6.07, 6.45) is 0.861. The molecule has 0 atom stereocenters. The molecule has 0 bridgehead atoms. The van der Waals surface area contributed by atoms with Gasteiger partial charge in [0.25, 0.3) is 0 Å². The number of amides is 1. The number of carbonyl (C=O) groups excluding carboxylic acids is 1. The quantitative estimate of drug-likeness (QED) is 0.712. The van der Waals surface area contributed by atoms with Crippen molar-refractivity contribution < 1.29 is 19.4 Å². The van der Waals surface area contributed by atoms with Crippen molar-refractivity contribution in [1.29, 1.82) is 0 Å². The van der Waals surface area contributed by atoms with Crippen LogP contribution in [0.3, 0.4) is 0 Å². The van der Waals surface area contributed by atoms with Crippen LogP contribution < -0.4 is 14.8 Å². The molecule has 1 amide bonds. The molecule has 6 nitrogen and oxygen atoms in total. The topological polar surface area (TPSA) is 71.0 Å². The average Bonchev–Trinajstić information content (AvgIpc) is 3.05. The Morgan fingerprint density at radius 2 is 1.96 bits per heavy atom. The van der Waals surface area contributed by atoms with E-state index in [9.17, 15) is 9.90 Å². The van der Waals surface area contributed by atoms with Gasteiger partial charge in [-0.1, -0.05) is 30.1 Å². The highest BCUT2D eigenvalue weighted by Crippen LogP contribution is 2.38. The Morgan fingerprint density at radius 3 is 2.67 bits per heavy atom. The SMILES string of the molecule is CCCN(CC(=O)Nc1ccc(Cl)cc1Cl)Cc1cc2c(cc1O)OCO2. The lowest BCUT2D eigenvalue weighted by Crippen LogP contribution is -2.33. The molecule has 1 heterocycles. The lowest BCUT2D eigenvalue weighted by Gasteiger charge is -2.22. The lowest BCUT2D eigenvalue weighted by molar-refractivity contribution is -0.117. The van der Waals surface area contributed by atoms with Crippen LogP contribution in [-0.2, 0) is 11.3 Å². The van der Waals surface area contributed by atoms with Crippen molar-refractivity contribution in [3.63, 3.8) is 0 Å². The first-order valence-electron chi connectivity index (χ1n) is 8.55. The zero-order valence-corrected chi connectivity index (χ0v) is 16.3. The zero-order chi connectivity index (χ0) is 19.4. The van der Waals surface area contributed by atoms with Crippen LogP contribution in [0.1, 0.15) is 18.9 Å². The average molecular weight is 411 g/mol. The number of rotatable bonds is 7. The van der Waals surface area contributed by atoms with E-state index in [1.807, 2.05) is 11.8 Å². The molecule has 8 heteroatoms. The molecule has 3 rings (SSSR count). The fraction of sp³-hybridized carbons (Fsp3) is 0.316. The van der Waals surface area contributed by atoms with Gasteiger partial charge in [-0.05, 0) is 37.2 Å². The summed E-state index contributed by atoms with van der Waals surface area (Å²) >= 11 is 12.0. The first-order chi connectivity index (χ1) is 13.0. The van der Waals surface area contributed by atoms with Crippen LogP contribution in [0.5, 0.6) is 17.2 Å². The number of phenolic OH excluding ortho intramolecular Hbond substituents is 1. The number of nitrogens with one attached hydrogen (secondary N) is 1. The maximum Gasteiger partial charge on any atom is 0.238 e. The van der Waals surface area contributed by atoms with Gasteiger partial charge in [0.05, 0.1) is 17.3 Å². The van der Waals surface area contributed by atoms with Gasteiger partial charge in [-0.25, -0.2) is 0 Å². The molecule has 144 valence electrons. The van der Waals surface area contributed by atoms with E-state index in [1.54, 1.807) is 24.3 Å². The van der Waals surface area contributed by atoms with Gasteiger partial charge in [-0.3, -0.25) is 9.69 Å². The minimum atomic E-state index is -0.201. The Balaban J connectivity index is 1.67. The third-order valence-corrected chi connectivity index (χ3v) is 4.63. The molecule has 0 spiro atoms. The smallest absolute Gasteiger partial charge is 0.238 e. The Hall–Kier alpha value is -2.15. The molecule has 0 fully saturated rings. The van der Waals surface area contributed by atoms with Crippen molar-refractivity contribution in [1.82, 2.24) is 4.90 Å². The van der Waals surface area contributed by atoms with Gasteiger partial charge in [-0.2, -0.15) is 0 Å². The van der Waals surface area contributed by atoms with Crippen LogP contribution in [-0.4, -0.2) is 35.8 Å². The lowest BCUT2D eigenvalue weighted by atomic mass is 10.1. The third-order valence-electron chi connectivity index (χ3n) is 4.08. The molecule has 0 aromatic heterocycles. The number of halogens is 2. The van der Waals surface area contributed by atoms with Gasteiger partial charge < -0.3 is 19.9 Å². The van der Waals surface area contributed by atoms with E-state index in [0.29, 0.717) is 45.9 Å². The fourth-order valence-electron chi connectivity index (χ4n) is 2.85. The highest BCUT2D eigenvalue weighted by Gasteiger charge is 2.19. The predicted molar refractivity (Wildman–Crippen MR) is 105 cm³/mol. The van der Waals surface area contributed by atoms with Crippen molar-refractivity contribution in [2.24, 2.45) is 0 Å². The van der Waals surface area contributed by atoms with E-state index in [4.69, 9.17) is 32.7 Å².